The molecule has 160 valence electrons. The van der Waals surface area contributed by atoms with Gasteiger partial charge in [0.15, 0.2) is 0 Å². The summed E-state index contributed by atoms with van der Waals surface area (Å²) in [6.45, 7) is 5.58. The number of carbonyl (C=O) groups is 2. The summed E-state index contributed by atoms with van der Waals surface area (Å²) in [6, 6.07) is 13.2. The molecular weight excluding hydrogens is 382 g/mol. The van der Waals surface area contributed by atoms with Gasteiger partial charge in [0, 0.05) is 24.2 Å². The van der Waals surface area contributed by atoms with Gasteiger partial charge in [0.05, 0.1) is 19.6 Å². The molecule has 1 aliphatic heterocycles. The van der Waals surface area contributed by atoms with Crippen molar-refractivity contribution in [1.82, 2.24) is 4.90 Å². The molecule has 1 amide bonds. The molecule has 3 rings (SSSR count). The number of carbonyl (C=O) groups excluding carboxylic acids is 2. The molecule has 2 aromatic rings. The summed E-state index contributed by atoms with van der Waals surface area (Å²) in [7, 11) is 1.61. The van der Waals surface area contributed by atoms with Crippen LogP contribution in [-0.4, -0.2) is 43.6 Å². The minimum absolute atomic E-state index is 0.0443. The molecule has 1 fully saturated rings. The summed E-state index contributed by atoms with van der Waals surface area (Å²) in [5.41, 5.74) is 2.45. The lowest BCUT2D eigenvalue weighted by Gasteiger charge is -2.31. The van der Waals surface area contributed by atoms with E-state index in [0.29, 0.717) is 50.5 Å². The van der Waals surface area contributed by atoms with Crippen molar-refractivity contribution >= 4 is 11.9 Å². The quantitative estimate of drug-likeness (QED) is 0.645. The van der Waals surface area contributed by atoms with Crippen LogP contribution in [-0.2, 0) is 16.1 Å². The second kappa shape index (κ2) is 10.1. The number of amides is 1. The van der Waals surface area contributed by atoms with Crippen molar-refractivity contribution < 1.29 is 23.8 Å². The van der Waals surface area contributed by atoms with E-state index in [2.05, 4.69) is 0 Å². The largest absolute Gasteiger partial charge is 0.496 e. The second-order valence-corrected chi connectivity index (χ2v) is 7.40. The van der Waals surface area contributed by atoms with Crippen LogP contribution in [0.2, 0.25) is 0 Å². The standard InChI is InChI=1S/C24H29NO5/c1-4-29-24(27)18-11-13-25(14-12-18)23(26)19-9-10-22(28-3)20(15-19)16-30-21-8-6-5-7-17(21)2/h5-10,15,18H,4,11-14,16H2,1-3H3. The highest BCUT2D eigenvalue weighted by Crippen LogP contribution is 2.26. The number of hydrogen-bond donors (Lipinski definition) is 0. The number of piperidine rings is 1. The number of likely N-dealkylation sites (tertiary alicyclic amines) is 1. The Hall–Kier alpha value is -3.02. The van der Waals surface area contributed by atoms with Gasteiger partial charge < -0.3 is 19.1 Å². The molecule has 0 N–H and O–H groups in total. The lowest BCUT2D eigenvalue weighted by atomic mass is 9.96. The lowest BCUT2D eigenvalue weighted by molar-refractivity contribution is -0.149. The molecule has 0 aliphatic carbocycles. The highest BCUT2D eigenvalue weighted by Gasteiger charge is 2.28. The van der Waals surface area contributed by atoms with Crippen molar-refractivity contribution in [2.45, 2.75) is 33.3 Å². The Morgan fingerprint density at radius 3 is 2.47 bits per heavy atom. The Balaban J connectivity index is 1.67. The average Bonchev–Trinajstić information content (AvgIpc) is 2.78. The first-order valence-electron chi connectivity index (χ1n) is 10.3. The fourth-order valence-electron chi connectivity index (χ4n) is 3.66. The van der Waals surface area contributed by atoms with Crippen molar-refractivity contribution in [2.24, 2.45) is 5.92 Å². The number of nitrogens with zero attached hydrogens (tertiary/aromatic N) is 1. The molecule has 0 unspecified atom stereocenters. The summed E-state index contributed by atoms with van der Waals surface area (Å²) in [5, 5.41) is 0. The molecule has 30 heavy (non-hydrogen) atoms. The van der Waals surface area contributed by atoms with Gasteiger partial charge in [0.25, 0.3) is 5.91 Å². The third kappa shape index (κ3) is 5.12. The van der Waals surface area contributed by atoms with E-state index >= 15 is 0 Å². The maximum absolute atomic E-state index is 13.0. The van der Waals surface area contributed by atoms with Crippen LogP contribution >= 0.6 is 0 Å². The summed E-state index contributed by atoms with van der Waals surface area (Å²) in [4.78, 5) is 26.7. The van der Waals surface area contributed by atoms with Crippen LogP contribution in [0.4, 0.5) is 0 Å². The van der Waals surface area contributed by atoms with Crippen LogP contribution in [0.5, 0.6) is 11.5 Å². The molecule has 0 atom stereocenters. The fraction of sp³-hybridized carbons (Fsp3) is 0.417. The number of hydrogen-bond acceptors (Lipinski definition) is 5. The number of esters is 1. The molecule has 0 bridgehead atoms. The lowest BCUT2D eigenvalue weighted by Crippen LogP contribution is -2.40. The third-order valence-corrected chi connectivity index (χ3v) is 5.41. The molecule has 0 radical (unpaired) electrons. The minimum Gasteiger partial charge on any atom is -0.496 e. The van der Waals surface area contributed by atoms with Crippen LogP contribution < -0.4 is 9.47 Å². The summed E-state index contributed by atoms with van der Waals surface area (Å²) >= 11 is 0. The summed E-state index contributed by atoms with van der Waals surface area (Å²) < 4.78 is 16.5. The number of para-hydroxylation sites is 1. The number of methoxy groups -OCH3 is 1. The number of aryl methyl sites for hydroxylation is 1. The highest BCUT2D eigenvalue weighted by molar-refractivity contribution is 5.94. The van der Waals surface area contributed by atoms with E-state index in [1.165, 1.54) is 0 Å². The van der Waals surface area contributed by atoms with Gasteiger partial charge in [-0.25, -0.2) is 0 Å². The highest BCUT2D eigenvalue weighted by atomic mass is 16.5. The minimum atomic E-state index is -0.162. The molecular formula is C24H29NO5. The maximum Gasteiger partial charge on any atom is 0.309 e. The van der Waals surface area contributed by atoms with Gasteiger partial charge >= 0.3 is 5.97 Å². The molecule has 0 aromatic heterocycles. The Labute approximate surface area is 177 Å². The second-order valence-electron chi connectivity index (χ2n) is 7.40. The first-order chi connectivity index (χ1) is 14.5. The zero-order chi connectivity index (χ0) is 21.5. The van der Waals surface area contributed by atoms with Gasteiger partial charge in [-0.1, -0.05) is 18.2 Å². The zero-order valence-electron chi connectivity index (χ0n) is 17.8. The van der Waals surface area contributed by atoms with Gasteiger partial charge in [0.2, 0.25) is 0 Å². The molecule has 0 spiro atoms. The maximum atomic E-state index is 13.0. The van der Waals surface area contributed by atoms with Crippen molar-refractivity contribution in [1.29, 1.82) is 0 Å². The monoisotopic (exact) mass is 411 g/mol. The van der Waals surface area contributed by atoms with Crippen molar-refractivity contribution in [3.63, 3.8) is 0 Å². The van der Waals surface area contributed by atoms with Crippen molar-refractivity contribution in [3.8, 4) is 11.5 Å². The van der Waals surface area contributed by atoms with Gasteiger partial charge in [-0.2, -0.15) is 0 Å². The van der Waals surface area contributed by atoms with Gasteiger partial charge in [-0.3, -0.25) is 9.59 Å². The van der Waals surface area contributed by atoms with E-state index < -0.39 is 0 Å². The first kappa shape index (κ1) is 21.7. The van der Waals surface area contributed by atoms with E-state index in [1.54, 1.807) is 31.1 Å². The Bertz CT molecular complexity index is 887. The van der Waals surface area contributed by atoms with Crippen LogP contribution in [0.3, 0.4) is 0 Å². The van der Waals surface area contributed by atoms with Crippen molar-refractivity contribution in [2.75, 3.05) is 26.8 Å². The molecule has 1 aliphatic rings. The van der Waals surface area contributed by atoms with Crippen LogP contribution in [0, 0.1) is 12.8 Å². The van der Waals surface area contributed by atoms with Gasteiger partial charge in [-0.15, -0.1) is 0 Å². The van der Waals surface area contributed by atoms with Crippen molar-refractivity contribution in [3.05, 3.63) is 59.2 Å². The van der Waals surface area contributed by atoms with E-state index in [1.807, 2.05) is 37.3 Å². The Kier molecular flexibility index (Phi) is 7.33. The average molecular weight is 411 g/mol. The molecule has 1 saturated heterocycles. The van der Waals surface area contributed by atoms with E-state index in [9.17, 15) is 9.59 Å². The third-order valence-electron chi connectivity index (χ3n) is 5.41. The molecule has 1 heterocycles. The topological polar surface area (TPSA) is 65.1 Å². The van der Waals surface area contributed by atoms with Crippen LogP contribution in [0.1, 0.15) is 41.3 Å². The Morgan fingerprint density at radius 1 is 1.07 bits per heavy atom. The van der Waals surface area contributed by atoms with Crippen LogP contribution in [0.25, 0.3) is 0 Å². The summed E-state index contributed by atoms with van der Waals surface area (Å²) in [6.07, 6.45) is 1.26. The fourth-order valence-corrected chi connectivity index (χ4v) is 3.66. The predicted molar refractivity (Wildman–Crippen MR) is 114 cm³/mol. The van der Waals surface area contributed by atoms with E-state index in [0.717, 1.165) is 16.9 Å². The smallest absolute Gasteiger partial charge is 0.309 e. The molecule has 2 aromatic carbocycles. The van der Waals surface area contributed by atoms with E-state index in [-0.39, 0.29) is 17.8 Å². The van der Waals surface area contributed by atoms with E-state index in [4.69, 9.17) is 14.2 Å². The first-order valence-corrected chi connectivity index (χ1v) is 10.3. The predicted octanol–water partition coefficient (Wildman–Crippen LogP) is 4.00. The Morgan fingerprint density at radius 2 is 1.80 bits per heavy atom. The number of ether oxygens (including phenoxy) is 3. The van der Waals surface area contributed by atoms with Gasteiger partial charge in [-0.05, 0) is 56.5 Å². The molecule has 6 nitrogen and oxygen atoms in total. The number of rotatable bonds is 7. The normalized spacial score (nSPS) is 14.3. The zero-order valence-corrected chi connectivity index (χ0v) is 17.8. The summed E-state index contributed by atoms with van der Waals surface area (Å²) in [5.74, 6) is 1.16. The number of benzene rings is 2. The van der Waals surface area contributed by atoms with Gasteiger partial charge in [0.1, 0.15) is 18.1 Å². The SMILES string of the molecule is CCOC(=O)C1CCN(C(=O)c2ccc(OC)c(COc3ccccc3C)c2)CC1. The molecule has 6 heteroatoms. The van der Waals surface area contributed by atoms with Crippen LogP contribution in [0.15, 0.2) is 42.5 Å². The molecule has 0 saturated carbocycles.